The third kappa shape index (κ3) is 4.60. The summed E-state index contributed by atoms with van der Waals surface area (Å²) in [7, 11) is 0. The number of aliphatic carboxylic acids is 1. The van der Waals surface area contributed by atoms with Crippen LogP contribution in [-0.2, 0) is 4.79 Å². The zero-order valence-corrected chi connectivity index (χ0v) is 12.1. The van der Waals surface area contributed by atoms with E-state index < -0.39 is 5.97 Å². The first-order valence-corrected chi connectivity index (χ1v) is 8.17. The summed E-state index contributed by atoms with van der Waals surface area (Å²) in [6, 6.07) is 0.00139. The molecule has 2 fully saturated rings. The van der Waals surface area contributed by atoms with Gasteiger partial charge in [0, 0.05) is 17.8 Å². The quantitative estimate of drug-likeness (QED) is 0.781. The summed E-state index contributed by atoms with van der Waals surface area (Å²) >= 11 is 1.84. The first-order chi connectivity index (χ1) is 9.08. The van der Waals surface area contributed by atoms with Crippen molar-refractivity contribution in [2.24, 2.45) is 5.92 Å². The molecule has 0 aromatic heterocycles. The van der Waals surface area contributed by atoms with Gasteiger partial charge < -0.3 is 15.3 Å². The highest BCUT2D eigenvalue weighted by molar-refractivity contribution is 7.99. The smallest absolute Gasteiger partial charge is 0.323 e. The van der Waals surface area contributed by atoms with Crippen molar-refractivity contribution >= 4 is 23.8 Å². The molecule has 108 valence electrons. The molecule has 2 aliphatic carbocycles. The molecule has 5 nitrogen and oxygen atoms in total. The minimum atomic E-state index is -0.941. The van der Waals surface area contributed by atoms with Crippen LogP contribution >= 0.6 is 11.8 Å². The van der Waals surface area contributed by atoms with Crippen LogP contribution in [0.3, 0.4) is 0 Å². The fraction of sp³-hybridized carbons (Fsp3) is 0.846. The van der Waals surface area contributed by atoms with Gasteiger partial charge in [0.25, 0.3) is 0 Å². The van der Waals surface area contributed by atoms with Crippen molar-refractivity contribution in [2.75, 3.05) is 19.3 Å². The maximum atomic E-state index is 12.1. The Kier molecular flexibility index (Phi) is 4.96. The van der Waals surface area contributed by atoms with Crippen molar-refractivity contribution < 1.29 is 14.7 Å². The Hall–Kier alpha value is -0.910. The molecule has 0 aromatic rings. The zero-order chi connectivity index (χ0) is 13.8. The Bertz CT molecular complexity index is 347. The van der Waals surface area contributed by atoms with Crippen LogP contribution in [0.1, 0.15) is 32.1 Å². The maximum absolute atomic E-state index is 12.1. The average molecular weight is 286 g/mol. The molecule has 2 rings (SSSR count). The van der Waals surface area contributed by atoms with Crippen LogP contribution < -0.4 is 5.32 Å². The predicted molar refractivity (Wildman–Crippen MR) is 75.4 cm³/mol. The Balaban J connectivity index is 1.82. The van der Waals surface area contributed by atoms with Gasteiger partial charge >= 0.3 is 12.0 Å². The van der Waals surface area contributed by atoms with Crippen molar-refractivity contribution in [1.29, 1.82) is 0 Å². The average Bonchev–Trinajstić information content (AvgIpc) is 3.05. The van der Waals surface area contributed by atoms with Gasteiger partial charge in [0.2, 0.25) is 0 Å². The summed E-state index contributed by atoms with van der Waals surface area (Å²) in [6.07, 6.45) is 7.45. The molecular formula is C13H22N2O3S. The molecule has 2 amide bonds. The number of carbonyl (C=O) groups excluding carboxylic acids is 1. The second-order valence-corrected chi connectivity index (χ2v) is 6.67. The molecule has 0 radical (unpaired) electrons. The van der Waals surface area contributed by atoms with E-state index in [2.05, 4.69) is 11.6 Å². The van der Waals surface area contributed by atoms with Crippen LogP contribution in [0.4, 0.5) is 4.79 Å². The predicted octanol–water partition coefficient (Wildman–Crippen LogP) is 1.78. The summed E-state index contributed by atoms with van der Waals surface area (Å²) in [5.41, 5.74) is 0. The molecule has 0 aromatic carbocycles. The minimum absolute atomic E-state index is 0.193. The van der Waals surface area contributed by atoms with Crippen LogP contribution in [-0.4, -0.2) is 52.6 Å². The van der Waals surface area contributed by atoms with Crippen molar-refractivity contribution in [3.8, 4) is 0 Å². The normalized spacial score (nSPS) is 26.2. The van der Waals surface area contributed by atoms with Crippen LogP contribution in [0.25, 0.3) is 0 Å². The lowest BCUT2D eigenvalue weighted by atomic mass is 10.2. The number of carboxylic acids is 1. The van der Waals surface area contributed by atoms with Gasteiger partial charge in [-0.1, -0.05) is 0 Å². The van der Waals surface area contributed by atoms with Gasteiger partial charge in [-0.25, -0.2) is 4.79 Å². The van der Waals surface area contributed by atoms with Gasteiger partial charge in [-0.3, -0.25) is 4.79 Å². The number of nitrogens with zero attached hydrogens (tertiary/aromatic N) is 1. The first-order valence-electron chi connectivity index (χ1n) is 6.88. The number of hydrogen-bond donors (Lipinski definition) is 2. The van der Waals surface area contributed by atoms with Crippen molar-refractivity contribution in [1.82, 2.24) is 10.2 Å². The van der Waals surface area contributed by atoms with Gasteiger partial charge in [0.05, 0.1) is 0 Å². The van der Waals surface area contributed by atoms with Crippen molar-refractivity contribution in [2.45, 2.75) is 43.4 Å². The third-order valence-corrected chi connectivity index (χ3v) is 4.93. The molecule has 2 N–H and O–H groups in total. The van der Waals surface area contributed by atoms with Crippen LogP contribution in [0.5, 0.6) is 0 Å². The Morgan fingerprint density at radius 2 is 2.05 bits per heavy atom. The first kappa shape index (κ1) is 14.5. The van der Waals surface area contributed by atoms with Crippen LogP contribution in [0.15, 0.2) is 0 Å². The van der Waals surface area contributed by atoms with Crippen LogP contribution in [0.2, 0.25) is 0 Å². The van der Waals surface area contributed by atoms with E-state index in [4.69, 9.17) is 5.11 Å². The number of thioether (sulfide) groups is 1. The summed E-state index contributed by atoms with van der Waals surface area (Å²) in [6.45, 7) is 0.387. The van der Waals surface area contributed by atoms with Gasteiger partial charge in [-0.2, -0.15) is 11.8 Å². The van der Waals surface area contributed by atoms with E-state index in [1.165, 1.54) is 4.90 Å². The number of rotatable bonds is 6. The topological polar surface area (TPSA) is 69.6 Å². The van der Waals surface area contributed by atoms with E-state index in [-0.39, 0.29) is 18.6 Å². The summed E-state index contributed by atoms with van der Waals surface area (Å²) < 4.78 is 0. The van der Waals surface area contributed by atoms with E-state index in [0.717, 1.165) is 32.1 Å². The fourth-order valence-electron chi connectivity index (χ4n) is 2.55. The molecule has 0 bridgehead atoms. The Labute approximate surface area is 118 Å². The lowest BCUT2D eigenvalue weighted by Crippen LogP contribution is -2.47. The molecule has 2 saturated carbocycles. The number of urea groups is 1. The highest BCUT2D eigenvalue weighted by atomic mass is 32.2. The largest absolute Gasteiger partial charge is 0.480 e. The second kappa shape index (κ2) is 6.50. The number of carbonyl (C=O) groups is 2. The highest BCUT2D eigenvalue weighted by Crippen LogP contribution is 2.30. The highest BCUT2D eigenvalue weighted by Gasteiger charge is 2.30. The Morgan fingerprint density at radius 1 is 1.32 bits per heavy atom. The lowest BCUT2D eigenvalue weighted by Gasteiger charge is -2.23. The van der Waals surface area contributed by atoms with Crippen molar-refractivity contribution in [3.05, 3.63) is 0 Å². The zero-order valence-electron chi connectivity index (χ0n) is 11.3. The summed E-state index contributed by atoms with van der Waals surface area (Å²) in [5.74, 6) is -0.433. The Morgan fingerprint density at radius 3 is 2.58 bits per heavy atom. The SMILES string of the molecule is CSC1CCC(NC(=O)N(CC(=O)O)CC2CC2)C1. The number of nitrogens with one attached hydrogen (secondary N) is 1. The van der Waals surface area contributed by atoms with E-state index >= 15 is 0 Å². The molecular weight excluding hydrogens is 264 g/mol. The number of hydrogen-bond acceptors (Lipinski definition) is 3. The van der Waals surface area contributed by atoms with Crippen molar-refractivity contribution in [3.63, 3.8) is 0 Å². The summed E-state index contributed by atoms with van der Waals surface area (Å²) in [5, 5.41) is 12.5. The van der Waals surface area contributed by atoms with E-state index in [9.17, 15) is 9.59 Å². The molecule has 0 heterocycles. The minimum Gasteiger partial charge on any atom is -0.480 e. The molecule has 0 saturated heterocycles. The molecule has 6 heteroatoms. The molecule has 0 spiro atoms. The van der Waals surface area contributed by atoms with E-state index in [1.807, 2.05) is 11.8 Å². The van der Waals surface area contributed by atoms with Gasteiger partial charge in [-0.05, 0) is 44.3 Å². The molecule has 0 aliphatic heterocycles. The lowest BCUT2D eigenvalue weighted by molar-refractivity contribution is -0.137. The molecule has 19 heavy (non-hydrogen) atoms. The second-order valence-electron chi connectivity index (χ2n) is 5.53. The van der Waals surface area contributed by atoms with Gasteiger partial charge in [0.1, 0.15) is 6.54 Å². The third-order valence-electron chi connectivity index (χ3n) is 3.83. The number of carboxylic acid groups (broad SMARTS) is 1. The maximum Gasteiger partial charge on any atom is 0.323 e. The molecule has 2 unspecified atom stereocenters. The monoisotopic (exact) mass is 286 g/mol. The fourth-order valence-corrected chi connectivity index (χ4v) is 3.34. The summed E-state index contributed by atoms with van der Waals surface area (Å²) in [4.78, 5) is 24.4. The molecule has 2 atom stereocenters. The van der Waals surface area contributed by atoms with E-state index in [0.29, 0.717) is 17.7 Å². The standard InChI is InChI=1S/C13H22N2O3S/c1-19-11-5-4-10(6-11)14-13(18)15(8-12(16)17)7-9-2-3-9/h9-11H,2-8H2,1H3,(H,14,18)(H,16,17). The number of amides is 2. The van der Waals surface area contributed by atoms with E-state index in [1.54, 1.807) is 0 Å². The van der Waals surface area contributed by atoms with Gasteiger partial charge in [-0.15, -0.1) is 0 Å². The van der Waals surface area contributed by atoms with Crippen LogP contribution in [0, 0.1) is 5.92 Å². The molecule has 2 aliphatic rings. The van der Waals surface area contributed by atoms with Gasteiger partial charge in [0.15, 0.2) is 0 Å².